The van der Waals surface area contributed by atoms with Crippen molar-refractivity contribution in [2.45, 2.75) is 20.0 Å². The number of hydrogen-bond acceptors (Lipinski definition) is 2. The van der Waals surface area contributed by atoms with Gasteiger partial charge in [0, 0.05) is 11.3 Å². The molecule has 1 heterocycles. The summed E-state index contributed by atoms with van der Waals surface area (Å²) in [6.07, 6.45) is -0.580. The van der Waals surface area contributed by atoms with Gasteiger partial charge in [-0.2, -0.15) is 4.39 Å². The Balaban J connectivity index is 3.09. The maximum atomic E-state index is 12.4. The van der Waals surface area contributed by atoms with Gasteiger partial charge in [-0.25, -0.2) is 4.98 Å². The lowest BCUT2D eigenvalue weighted by atomic mass is 10.1. The smallest absolute Gasteiger partial charge is 0.213 e. The van der Waals surface area contributed by atoms with E-state index in [0.29, 0.717) is 11.3 Å². The monoisotopic (exact) mass is 155 g/mol. The van der Waals surface area contributed by atoms with Crippen LogP contribution in [0, 0.1) is 12.9 Å². The molecular weight excluding hydrogens is 145 g/mol. The van der Waals surface area contributed by atoms with Crippen LogP contribution < -0.4 is 0 Å². The van der Waals surface area contributed by atoms with Crippen LogP contribution in [0.25, 0.3) is 0 Å². The molecule has 1 N–H and O–H groups in total. The Hall–Kier alpha value is -0.960. The largest absolute Gasteiger partial charge is 0.389 e. The van der Waals surface area contributed by atoms with Crippen molar-refractivity contribution in [2.24, 2.45) is 0 Å². The van der Waals surface area contributed by atoms with Gasteiger partial charge >= 0.3 is 0 Å². The Morgan fingerprint density at radius 2 is 2.18 bits per heavy atom. The number of aromatic nitrogens is 1. The summed E-state index contributed by atoms with van der Waals surface area (Å²) in [5, 5.41) is 9.13. The zero-order valence-corrected chi connectivity index (χ0v) is 6.50. The Kier molecular flexibility index (Phi) is 2.19. The standard InChI is InChI=1S/C8H10FNO/c1-5-7(6(2)11)3-4-8(9)10-5/h3-4,6,11H,1-2H3/t6-/m1/s1. The number of aliphatic hydroxyl groups excluding tert-OH is 1. The lowest BCUT2D eigenvalue weighted by Gasteiger charge is -2.06. The number of aliphatic hydroxyl groups is 1. The first-order valence-corrected chi connectivity index (χ1v) is 3.42. The van der Waals surface area contributed by atoms with Crippen LogP contribution in [0.2, 0.25) is 0 Å². The molecule has 0 bridgehead atoms. The molecule has 0 aliphatic carbocycles. The summed E-state index contributed by atoms with van der Waals surface area (Å²) in [4.78, 5) is 3.57. The van der Waals surface area contributed by atoms with Gasteiger partial charge in [-0.05, 0) is 19.9 Å². The van der Waals surface area contributed by atoms with E-state index in [4.69, 9.17) is 5.11 Å². The predicted octanol–water partition coefficient (Wildman–Crippen LogP) is 1.58. The van der Waals surface area contributed by atoms with Crippen molar-refractivity contribution in [3.63, 3.8) is 0 Å². The summed E-state index contributed by atoms with van der Waals surface area (Å²) in [7, 11) is 0. The maximum Gasteiger partial charge on any atom is 0.213 e. The fourth-order valence-electron chi connectivity index (χ4n) is 0.983. The minimum Gasteiger partial charge on any atom is -0.389 e. The molecular formula is C8H10FNO. The molecule has 0 aliphatic heterocycles. The summed E-state index contributed by atoms with van der Waals surface area (Å²) < 4.78 is 12.4. The van der Waals surface area contributed by atoms with Crippen molar-refractivity contribution < 1.29 is 9.50 Å². The molecule has 1 aromatic rings. The van der Waals surface area contributed by atoms with Gasteiger partial charge in [0.15, 0.2) is 0 Å². The van der Waals surface area contributed by atoms with Gasteiger partial charge in [0.05, 0.1) is 6.10 Å². The van der Waals surface area contributed by atoms with Gasteiger partial charge in [-0.15, -0.1) is 0 Å². The lowest BCUT2D eigenvalue weighted by Crippen LogP contribution is -1.98. The van der Waals surface area contributed by atoms with E-state index < -0.39 is 12.1 Å². The predicted molar refractivity (Wildman–Crippen MR) is 39.6 cm³/mol. The fourth-order valence-corrected chi connectivity index (χ4v) is 0.983. The van der Waals surface area contributed by atoms with Crippen molar-refractivity contribution in [3.8, 4) is 0 Å². The quantitative estimate of drug-likeness (QED) is 0.624. The second-order valence-electron chi connectivity index (χ2n) is 2.48. The molecule has 0 saturated carbocycles. The van der Waals surface area contributed by atoms with E-state index in [9.17, 15) is 4.39 Å². The third kappa shape index (κ3) is 1.74. The highest BCUT2D eigenvalue weighted by Gasteiger charge is 2.05. The Morgan fingerprint density at radius 1 is 1.55 bits per heavy atom. The number of rotatable bonds is 1. The number of halogens is 1. The molecule has 0 spiro atoms. The zero-order chi connectivity index (χ0) is 8.43. The number of hydrogen-bond donors (Lipinski definition) is 1. The van der Waals surface area contributed by atoms with Gasteiger partial charge in [-0.1, -0.05) is 6.07 Å². The van der Waals surface area contributed by atoms with Crippen LogP contribution in [0.3, 0.4) is 0 Å². The average molecular weight is 155 g/mol. The van der Waals surface area contributed by atoms with Crippen LogP contribution in [-0.4, -0.2) is 10.1 Å². The second-order valence-corrected chi connectivity index (χ2v) is 2.48. The normalized spacial score (nSPS) is 13.1. The molecule has 0 radical (unpaired) electrons. The molecule has 0 fully saturated rings. The second kappa shape index (κ2) is 2.96. The Bertz CT molecular complexity index is 260. The van der Waals surface area contributed by atoms with Crippen molar-refractivity contribution in [2.75, 3.05) is 0 Å². The third-order valence-electron chi connectivity index (χ3n) is 1.54. The summed E-state index contributed by atoms with van der Waals surface area (Å²) >= 11 is 0. The van der Waals surface area contributed by atoms with Gasteiger partial charge in [0.2, 0.25) is 5.95 Å². The fraction of sp³-hybridized carbons (Fsp3) is 0.375. The molecule has 0 aliphatic rings. The van der Waals surface area contributed by atoms with Crippen molar-refractivity contribution >= 4 is 0 Å². The van der Waals surface area contributed by atoms with E-state index >= 15 is 0 Å². The zero-order valence-electron chi connectivity index (χ0n) is 6.50. The van der Waals surface area contributed by atoms with E-state index in [1.54, 1.807) is 19.9 Å². The molecule has 0 aromatic carbocycles. The number of pyridine rings is 1. The molecule has 1 aromatic heterocycles. The van der Waals surface area contributed by atoms with Gasteiger partial charge in [0.25, 0.3) is 0 Å². The molecule has 60 valence electrons. The van der Waals surface area contributed by atoms with Gasteiger partial charge < -0.3 is 5.11 Å². The number of aryl methyl sites for hydroxylation is 1. The average Bonchev–Trinajstić information content (AvgIpc) is 1.85. The van der Waals surface area contributed by atoms with Gasteiger partial charge in [0.1, 0.15) is 0 Å². The first-order chi connectivity index (χ1) is 5.11. The molecule has 1 rings (SSSR count). The van der Waals surface area contributed by atoms with Crippen molar-refractivity contribution in [3.05, 3.63) is 29.3 Å². The Labute approximate surface area is 64.7 Å². The van der Waals surface area contributed by atoms with Gasteiger partial charge in [-0.3, -0.25) is 0 Å². The molecule has 1 atom stereocenters. The topological polar surface area (TPSA) is 33.1 Å². The highest BCUT2D eigenvalue weighted by molar-refractivity contribution is 5.20. The van der Waals surface area contributed by atoms with Crippen LogP contribution in [0.15, 0.2) is 12.1 Å². The van der Waals surface area contributed by atoms with Crippen LogP contribution >= 0.6 is 0 Å². The molecule has 11 heavy (non-hydrogen) atoms. The summed E-state index contributed by atoms with van der Waals surface area (Å²) in [5.74, 6) is -0.508. The number of nitrogens with zero attached hydrogens (tertiary/aromatic N) is 1. The molecule has 0 saturated heterocycles. The highest BCUT2D eigenvalue weighted by atomic mass is 19.1. The molecule has 2 nitrogen and oxygen atoms in total. The van der Waals surface area contributed by atoms with E-state index in [1.165, 1.54) is 6.07 Å². The third-order valence-corrected chi connectivity index (χ3v) is 1.54. The van der Waals surface area contributed by atoms with Crippen molar-refractivity contribution in [1.29, 1.82) is 0 Å². The van der Waals surface area contributed by atoms with Crippen molar-refractivity contribution in [1.82, 2.24) is 4.98 Å². The summed E-state index contributed by atoms with van der Waals surface area (Å²) in [5.41, 5.74) is 1.21. The van der Waals surface area contributed by atoms with Crippen LogP contribution in [0.4, 0.5) is 4.39 Å². The summed E-state index contributed by atoms with van der Waals surface area (Å²) in [6.45, 7) is 3.30. The molecule has 0 unspecified atom stereocenters. The van der Waals surface area contributed by atoms with E-state index in [1.807, 2.05) is 0 Å². The van der Waals surface area contributed by atoms with E-state index in [-0.39, 0.29) is 0 Å². The maximum absolute atomic E-state index is 12.4. The summed E-state index contributed by atoms with van der Waals surface area (Å²) in [6, 6.07) is 2.79. The van der Waals surface area contributed by atoms with Crippen LogP contribution in [0.5, 0.6) is 0 Å². The minimum absolute atomic E-state index is 0.508. The SMILES string of the molecule is Cc1nc(F)ccc1[C@@H](C)O. The van der Waals surface area contributed by atoms with Crippen LogP contribution in [-0.2, 0) is 0 Å². The molecule has 3 heteroatoms. The van der Waals surface area contributed by atoms with Crippen LogP contribution in [0.1, 0.15) is 24.3 Å². The first kappa shape index (κ1) is 8.14. The van der Waals surface area contributed by atoms with E-state index in [2.05, 4.69) is 4.98 Å². The first-order valence-electron chi connectivity index (χ1n) is 3.42. The van der Waals surface area contributed by atoms with E-state index in [0.717, 1.165) is 0 Å². The minimum atomic E-state index is -0.580. The molecule has 0 amide bonds. The Morgan fingerprint density at radius 3 is 2.64 bits per heavy atom. The lowest BCUT2D eigenvalue weighted by molar-refractivity contribution is 0.198. The highest BCUT2D eigenvalue weighted by Crippen LogP contribution is 2.14.